The van der Waals surface area contributed by atoms with Gasteiger partial charge in [-0.15, -0.1) is 0 Å². The number of allylic oxidation sites excluding steroid dienone is 1. The molecule has 0 radical (unpaired) electrons. The van der Waals surface area contributed by atoms with Crippen molar-refractivity contribution in [3.8, 4) is 5.75 Å². The van der Waals surface area contributed by atoms with E-state index in [2.05, 4.69) is 24.5 Å². The van der Waals surface area contributed by atoms with Crippen LogP contribution in [0.1, 0.15) is 45.7 Å². The van der Waals surface area contributed by atoms with E-state index in [-0.39, 0.29) is 21.9 Å². The zero-order valence-electron chi connectivity index (χ0n) is 19.0. The van der Waals surface area contributed by atoms with Crippen molar-refractivity contribution in [2.24, 2.45) is 0 Å². The zero-order chi connectivity index (χ0) is 24.5. The Morgan fingerprint density at radius 2 is 1.85 bits per heavy atom. The predicted octanol–water partition coefficient (Wildman–Crippen LogP) is 5.89. The third-order valence-corrected chi connectivity index (χ3v) is 5.92. The lowest BCUT2D eigenvalue weighted by atomic mass is 9.85. The van der Waals surface area contributed by atoms with Gasteiger partial charge >= 0.3 is 0 Å². The van der Waals surface area contributed by atoms with Crippen molar-refractivity contribution in [1.29, 1.82) is 0 Å². The van der Waals surface area contributed by atoms with Crippen LogP contribution in [0.3, 0.4) is 0 Å². The van der Waals surface area contributed by atoms with E-state index in [1.54, 1.807) is 37.5 Å². The van der Waals surface area contributed by atoms with Crippen LogP contribution in [0.4, 0.5) is 10.1 Å². The van der Waals surface area contributed by atoms with Gasteiger partial charge < -0.3 is 15.4 Å². The number of halogens is 2. The number of ether oxygens (including phenoxy) is 1. The van der Waals surface area contributed by atoms with E-state index in [0.717, 1.165) is 23.2 Å². The number of hydrogen-bond acceptors (Lipinski definition) is 4. The summed E-state index contributed by atoms with van der Waals surface area (Å²) < 4.78 is 19.3. The van der Waals surface area contributed by atoms with Gasteiger partial charge in [0.05, 0.1) is 17.7 Å². The first-order chi connectivity index (χ1) is 16.2. The smallest absolute Gasteiger partial charge is 0.260 e. The van der Waals surface area contributed by atoms with Crippen molar-refractivity contribution in [1.82, 2.24) is 5.32 Å². The second-order valence-corrected chi connectivity index (χ2v) is 9.17. The number of fused-ring (bicyclic) bond motifs is 1. The Morgan fingerprint density at radius 1 is 1.12 bits per heavy atom. The van der Waals surface area contributed by atoms with Crippen LogP contribution in [0.2, 0.25) is 5.02 Å². The van der Waals surface area contributed by atoms with Crippen molar-refractivity contribution in [3.05, 3.63) is 99.8 Å². The molecule has 0 bridgehead atoms. The molecule has 0 unspecified atom stereocenters. The predicted molar refractivity (Wildman–Crippen MR) is 132 cm³/mol. The monoisotopic (exact) mass is 478 g/mol. The average molecular weight is 479 g/mol. The first-order valence-corrected chi connectivity index (χ1v) is 11.1. The van der Waals surface area contributed by atoms with Gasteiger partial charge in [-0.1, -0.05) is 23.7 Å². The van der Waals surface area contributed by atoms with Gasteiger partial charge in [0.15, 0.2) is 5.78 Å². The molecule has 3 aromatic carbocycles. The van der Waals surface area contributed by atoms with Gasteiger partial charge in [0.2, 0.25) is 0 Å². The minimum atomic E-state index is -0.705. The van der Waals surface area contributed by atoms with E-state index in [1.807, 2.05) is 18.2 Å². The number of hydrogen-bond donors (Lipinski definition) is 2. The highest BCUT2D eigenvalue weighted by Crippen LogP contribution is 2.32. The third kappa shape index (κ3) is 4.97. The molecule has 0 aromatic heterocycles. The molecule has 1 heterocycles. The van der Waals surface area contributed by atoms with Crippen LogP contribution in [0, 0.1) is 5.82 Å². The third-order valence-electron chi connectivity index (χ3n) is 5.61. The fourth-order valence-electron chi connectivity index (χ4n) is 3.99. The molecule has 34 heavy (non-hydrogen) atoms. The van der Waals surface area contributed by atoms with Crippen LogP contribution < -0.4 is 15.4 Å². The molecule has 5 nitrogen and oxygen atoms in total. The van der Waals surface area contributed by atoms with Crippen molar-refractivity contribution in [2.75, 3.05) is 12.4 Å². The van der Waals surface area contributed by atoms with E-state index in [1.165, 1.54) is 18.2 Å². The number of nitrogens with one attached hydrogen (secondary N) is 2. The summed E-state index contributed by atoms with van der Waals surface area (Å²) in [6, 6.07) is 16.3. The number of benzene rings is 3. The van der Waals surface area contributed by atoms with Gasteiger partial charge in [-0.2, -0.15) is 0 Å². The van der Waals surface area contributed by atoms with Gasteiger partial charge in [0, 0.05) is 34.1 Å². The summed E-state index contributed by atoms with van der Waals surface area (Å²) in [5.41, 5.74) is 3.21. The molecule has 0 fully saturated rings. The molecular formula is C27H24ClFN2O3. The number of rotatable bonds is 5. The molecular weight excluding hydrogens is 455 g/mol. The molecule has 0 spiro atoms. The molecule has 0 saturated carbocycles. The van der Waals surface area contributed by atoms with E-state index in [9.17, 15) is 14.0 Å². The van der Waals surface area contributed by atoms with Crippen LogP contribution in [-0.2, 0) is 6.42 Å². The van der Waals surface area contributed by atoms with Crippen LogP contribution >= 0.6 is 11.6 Å². The van der Waals surface area contributed by atoms with E-state index >= 15 is 0 Å². The molecule has 0 aliphatic carbocycles. The van der Waals surface area contributed by atoms with Crippen molar-refractivity contribution in [2.45, 2.75) is 25.8 Å². The van der Waals surface area contributed by atoms with Gasteiger partial charge in [-0.25, -0.2) is 4.39 Å². The Kier molecular flexibility index (Phi) is 6.44. The highest BCUT2D eigenvalue weighted by Gasteiger charge is 2.28. The summed E-state index contributed by atoms with van der Waals surface area (Å²) >= 11 is 5.96. The molecule has 1 aliphatic rings. The first-order valence-electron chi connectivity index (χ1n) is 10.7. The quantitative estimate of drug-likeness (QED) is 0.354. The molecule has 2 N–H and O–H groups in total. The summed E-state index contributed by atoms with van der Waals surface area (Å²) in [7, 11) is 1.61. The number of methoxy groups -OCH3 is 1. The van der Waals surface area contributed by atoms with Gasteiger partial charge in [-0.3, -0.25) is 9.59 Å². The fourth-order valence-corrected chi connectivity index (χ4v) is 4.24. The van der Waals surface area contributed by atoms with Crippen molar-refractivity contribution < 1.29 is 18.7 Å². The maximum absolute atomic E-state index is 14.0. The van der Waals surface area contributed by atoms with Crippen LogP contribution in [0.25, 0.3) is 5.70 Å². The lowest BCUT2D eigenvalue weighted by Gasteiger charge is -2.35. The van der Waals surface area contributed by atoms with E-state index in [0.29, 0.717) is 17.0 Å². The molecule has 1 aliphatic heterocycles. The van der Waals surface area contributed by atoms with Crippen molar-refractivity contribution in [3.63, 3.8) is 0 Å². The summed E-state index contributed by atoms with van der Waals surface area (Å²) in [5.74, 6) is -0.843. The van der Waals surface area contributed by atoms with Crippen LogP contribution in [0.15, 0.2) is 66.7 Å². The molecule has 3 aromatic rings. The second kappa shape index (κ2) is 9.31. The second-order valence-electron chi connectivity index (χ2n) is 8.76. The highest BCUT2D eigenvalue weighted by molar-refractivity contribution is 6.34. The molecule has 7 heteroatoms. The van der Waals surface area contributed by atoms with Gasteiger partial charge in [0.25, 0.3) is 5.91 Å². The standard InChI is InChI=1S/C27H24ClFN2O3/c1-27(2)15-17-9-12-19(34-3)13-20(17)23(31-27)14-24(32)16-7-10-18(11-8-16)30-26(33)25-21(28)5-4-6-22(25)29/h4-14,31H,15H2,1-3H3,(H,30,33)/b23-14-. The number of anilines is 1. The lowest BCUT2D eigenvalue weighted by Crippen LogP contribution is -2.43. The Balaban J connectivity index is 1.56. The summed E-state index contributed by atoms with van der Waals surface area (Å²) in [6.07, 6.45) is 2.39. The normalized spacial score (nSPS) is 15.3. The Labute approximate surface area is 202 Å². The number of carbonyl (C=O) groups is 2. The number of amides is 1. The van der Waals surface area contributed by atoms with E-state index in [4.69, 9.17) is 16.3 Å². The lowest BCUT2D eigenvalue weighted by molar-refractivity contribution is 0.102. The average Bonchev–Trinajstić information content (AvgIpc) is 2.78. The summed E-state index contributed by atoms with van der Waals surface area (Å²) in [5, 5.41) is 6.08. The Morgan fingerprint density at radius 3 is 2.53 bits per heavy atom. The first kappa shape index (κ1) is 23.5. The van der Waals surface area contributed by atoms with Crippen molar-refractivity contribution >= 4 is 34.7 Å². The Bertz CT molecular complexity index is 1280. The summed E-state index contributed by atoms with van der Waals surface area (Å²) in [6.45, 7) is 4.16. The SMILES string of the molecule is COc1ccc2c(c1)/C(=C/C(=O)c1ccc(NC(=O)c3c(F)cccc3Cl)cc1)NC(C)(C)C2. The maximum Gasteiger partial charge on any atom is 0.260 e. The van der Waals surface area contributed by atoms with Gasteiger partial charge in [0.1, 0.15) is 11.6 Å². The van der Waals surface area contributed by atoms with Gasteiger partial charge in [-0.05, 0) is 74.4 Å². The summed E-state index contributed by atoms with van der Waals surface area (Å²) in [4.78, 5) is 25.5. The number of ketones is 1. The van der Waals surface area contributed by atoms with Crippen LogP contribution in [-0.4, -0.2) is 24.3 Å². The molecule has 0 saturated heterocycles. The van der Waals surface area contributed by atoms with E-state index < -0.39 is 11.7 Å². The molecule has 1 amide bonds. The largest absolute Gasteiger partial charge is 0.497 e. The molecule has 4 rings (SSSR count). The Hall–Kier alpha value is -3.64. The fraction of sp³-hybridized carbons (Fsp3) is 0.185. The topological polar surface area (TPSA) is 67.4 Å². The minimum absolute atomic E-state index is 0.0238. The maximum atomic E-state index is 14.0. The molecule has 174 valence electrons. The zero-order valence-corrected chi connectivity index (χ0v) is 19.8. The molecule has 0 atom stereocenters. The minimum Gasteiger partial charge on any atom is -0.497 e. The highest BCUT2D eigenvalue weighted by atomic mass is 35.5. The van der Waals surface area contributed by atoms with Crippen LogP contribution in [0.5, 0.6) is 5.75 Å². The number of carbonyl (C=O) groups excluding carboxylic acids is 2.